The molecule has 1 N–H and O–H groups in total. The van der Waals surface area contributed by atoms with Crippen molar-refractivity contribution in [3.63, 3.8) is 0 Å². The van der Waals surface area contributed by atoms with E-state index in [2.05, 4.69) is 4.98 Å². The topological polar surface area (TPSA) is 79.7 Å². The Hall–Kier alpha value is -2.11. The fourth-order valence-corrected chi connectivity index (χ4v) is 2.34. The van der Waals surface area contributed by atoms with E-state index in [1.807, 2.05) is 6.92 Å². The van der Waals surface area contributed by atoms with Gasteiger partial charge in [-0.25, -0.2) is 4.98 Å². The number of carboxylic acids is 1. The summed E-state index contributed by atoms with van der Waals surface area (Å²) in [6.07, 6.45) is 2.84. The second-order valence-electron chi connectivity index (χ2n) is 4.71. The average Bonchev–Trinajstić information content (AvgIpc) is 2.47. The predicted molar refractivity (Wildman–Crippen MR) is 71.7 cm³/mol. The van der Waals surface area contributed by atoms with Gasteiger partial charge in [-0.1, -0.05) is 0 Å². The molecular weight excluding hydrogens is 260 g/mol. The van der Waals surface area contributed by atoms with Crippen LogP contribution in [0.5, 0.6) is 5.75 Å². The van der Waals surface area contributed by atoms with Crippen LogP contribution < -0.4 is 4.74 Å². The van der Waals surface area contributed by atoms with Crippen molar-refractivity contribution >= 4 is 11.9 Å². The molecule has 1 amide bonds. The molecule has 108 valence electrons. The molecule has 0 unspecified atom stereocenters. The minimum atomic E-state index is -0.853. The van der Waals surface area contributed by atoms with Crippen molar-refractivity contribution < 1.29 is 19.4 Å². The van der Waals surface area contributed by atoms with Gasteiger partial charge in [-0.2, -0.15) is 0 Å². The van der Waals surface area contributed by atoms with Crippen molar-refractivity contribution in [1.82, 2.24) is 9.88 Å². The zero-order chi connectivity index (χ0) is 14.5. The summed E-state index contributed by atoms with van der Waals surface area (Å²) in [5.41, 5.74) is 0.250. The lowest BCUT2D eigenvalue weighted by Gasteiger charge is -2.30. The highest BCUT2D eigenvalue weighted by molar-refractivity contribution is 5.95. The van der Waals surface area contributed by atoms with Gasteiger partial charge in [0.2, 0.25) is 0 Å². The van der Waals surface area contributed by atoms with Gasteiger partial charge in [-0.05, 0) is 31.9 Å². The number of hydrogen-bond acceptors (Lipinski definition) is 4. The average molecular weight is 278 g/mol. The van der Waals surface area contributed by atoms with Gasteiger partial charge in [0.15, 0.2) is 11.4 Å². The molecule has 0 bridgehead atoms. The molecule has 20 heavy (non-hydrogen) atoms. The van der Waals surface area contributed by atoms with Crippen LogP contribution in [0, 0.1) is 5.92 Å². The molecule has 1 aliphatic rings. The van der Waals surface area contributed by atoms with E-state index < -0.39 is 11.9 Å². The van der Waals surface area contributed by atoms with E-state index in [0.29, 0.717) is 31.7 Å². The first-order valence-corrected chi connectivity index (χ1v) is 6.73. The van der Waals surface area contributed by atoms with Crippen molar-refractivity contribution in [3.8, 4) is 5.75 Å². The van der Waals surface area contributed by atoms with Crippen LogP contribution in [0.2, 0.25) is 0 Å². The zero-order valence-corrected chi connectivity index (χ0v) is 11.4. The molecule has 0 aromatic carbocycles. The molecule has 1 saturated heterocycles. The first kappa shape index (κ1) is 14.3. The number of carbonyl (C=O) groups is 2. The van der Waals surface area contributed by atoms with Gasteiger partial charge in [-0.3, -0.25) is 9.59 Å². The van der Waals surface area contributed by atoms with E-state index in [0.717, 1.165) is 0 Å². The summed E-state index contributed by atoms with van der Waals surface area (Å²) in [4.78, 5) is 29.1. The van der Waals surface area contributed by atoms with Crippen molar-refractivity contribution in [1.29, 1.82) is 0 Å². The number of likely N-dealkylation sites (tertiary alicyclic amines) is 1. The van der Waals surface area contributed by atoms with Gasteiger partial charge in [0.25, 0.3) is 5.91 Å². The molecule has 1 aromatic heterocycles. The van der Waals surface area contributed by atoms with Gasteiger partial charge >= 0.3 is 5.97 Å². The maximum Gasteiger partial charge on any atom is 0.308 e. The van der Waals surface area contributed by atoms with Crippen molar-refractivity contribution in [2.45, 2.75) is 19.8 Å². The van der Waals surface area contributed by atoms with Gasteiger partial charge < -0.3 is 14.7 Å². The van der Waals surface area contributed by atoms with Crippen LogP contribution in [0.15, 0.2) is 18.3 Å². The number of ether oxygens (including phenoxy) is 1. The quantitative estimate of drug-likeness (QED) is 0.901. The molecule has 1 aromatic rings. The van der Waals surface area contributed by atoms with Gasteiger partial charge in [0, 0.05) is 19.3 Å². The Balaban J connectivity index is 2.16. The minimum absolute atomic E-state index is 0.232. The number of rotatable bonds is 4. The molecule has 1 fully saturated rings. The van der Waals surface area contributed by atoms with E-state index in [-0.39, 0.29) is 18.1 Å². The second kappa shape index (κ2) is 6.36. The van der Waals surface area contributed by atoms with Crippen LogP contribution in [0.25, 0.3) is 0 Å². The third kappa shape index (κ3) is 3.07. The fourth-order valence-electron chi connectivity index (χ4n) is 2.34. The Morgan fingerprint density at radius 1 is 1.55 bits per heavy atom. The summed E-state index contributed by atoms with van der Waals surface area (Å²) in [5.74, 6) is -1.17. The highest BCUT2D eigenvalue weighted by atomic mass is 16.5. The number of piperidine rings is 1. The first-order chi connectivity index (χ1) is 9.63. The number of amides is 1. The highest BCUT2D eigenvalue weighted by Crippen LogP contribution is 2.22. The zero-order valence-electron chi connectivity index (χ0n) is 11.4. The Morgan fingerprint density at radius 2 is 2.35 bits per heavy atom. The largest absolute Gasteiger partial charge is 0.491 e. The summed E-state index contributed by atoms with van der Waals surface area (Å²) in [7, 11) is 0. The van der Waals surface area contributed by atoms with Crippen LogP contribution in [0.1, 0.15) is 30.3 Å². The first-order valence-electron chi connectivity index (χ1n) is 6.73. The van der Waals surface area contributed by atoms with Crippen molar-refractivity contribution in [3.05, 3.63) is 24.0 Å². The number of aliphatic carboxylic acids is 1. The van der Waals surface area contributed by atoms with Crippen molar-refractivity contribution in [2.75, 3.05) is 19.7 Å². The maximum absolute atomic E-state index is 12.5. The van der Waals surface area contributed by atoms with Gasteiger partial charge in [0.1, 0.15) is 0 Å². The second-order valence-corrected chi connectivity index (χ2v) is 4.71. The molecule has 0 saturated carbocycles. The molecule has 1 aliphatic heterocycles. The summed E-state index contributed by atoms with van der Waals surface area (Å²) in [5, 5.41) is 9.07. The van der Waals surface area contributed by atoms with Crippen LogP contribution in [-0.4, -0.2) is 46.6 Å². The number of carbonyl (C=O) groups excluding carboxylic acids is 1. The third-order valence-electron chi connectivity index (χ3n) is 3.33. The standard InChI is InChI=1S/C14H18N2O4/c1-2-20-11-6-3-7-15-12(11)13(17)16-8-4-5-10(9-16)14(18)19/h3,6-7,10H,2,4-5,8-9H2,1H3,(H,18,19)/t10-/m0/s1. The molecule has 0 aliphatic carbocycles. The number of aromatic nitrogens is 1. The molecule has 2 heterocycles. The smallest absolute Gasteiger partial charge is 0.308 e. The number of hydrogen-bond donors (Lipinski definition) is 1. The molecule has 1 atom stereocenters. The van der Waals surface area contributed by atoms with Crippen LogP contribution in [0.3, 0.4) is 0 Å². The maximum atomic E-state index is 12.5. The summed E-state index contributed by atoms with van der Waals surface area (Å²) >= 11 is 0. The predicted octanol–water partition coefficient (Wildman–Crippen LogP) is 1.42. The Bertz CT molecular complexity index is 504. The van der Waals surface area contributed by atoms with E-state index >= 15 is 0 Å². The number of pyridine rings is 1. The normalized spacial score (nSPS) is 18.6. The molecule has 6 heteroatoms. The number of carboxylic acid groups (broad SMARTS) is 1. The van der Waals surface area contributed by atoms with E-state index in [1.165, 1.54) is 6.20 Å². The van der Waals surface area contributed by atoms with E-state index in [4.69, 9.17) is 9.84 Å². The SMILES string of the molecule is CCOc1cccnc1C(=O)N1CCC[C@H](C(=O)O)C1. The Labute approximate surface area is 117 Å². The lowest BCUT2D eigenvalue weighted by Crippen LogP contribution is -2.42. The molecule has 6 nitrogen and oxygen atoms in total. The van der Waals surface area contributed by atoms with E-state index in [9.17, 15) is 9.59 Å². The lowest BCUT2D eigenvalue weighted by molar-refractivity contribution is -0.143. The molecule has 0 spiro atoms. The fraction of sp³-hybridized carbons (Fsp3) is 0.500. The highest BCUT2D eigenvalue weighted by Gasteiger charge is 2.30. The van der Waals surface area contributed by atoms with Gasteiger partial charge in [0.05, 0.1) is 12.5 Å². The Kier molecular flexibility index (Phi) is 4.55. The number of nitrogens with zero attached hydrogens (tertiary/aromatic N) is 2. The Morgan fingerprint density at radius 3 is 3.05 bits per heavy atom. The summed E-state index contributed by atoms with van der Waals surface area (Å²) in [6.45, 7) is 3.08. The minimum Gasteiger partial charge on any atom is -0.491 e. The van der Waals surface area contributed by atoms with Gasteiger partial charge in [-0.15, -0.1) is 0 Å². The molecular formula is C14H18N2O4. The van der Waals surface area contributed by atoms with Crippen LogP contribution in [0.4, 0.5) is 0 Å². The molecule has 2 rings (SSSR count). The van der Waals surface area contributed by atoms with E-state index in [1.54, 1.807) is 17.0 Å². The van der Waals surface area contributed by atoms with Crippen LogP contribution >= 0.6 is 0 Å². The van der Waals surface area contributed by atoms with Crippen LogP contribution in [-0.2, 0) is 4.79 Å². The monoisotopic (exact) mass is 278 g/mol. The lowest BCUT2D eigenvalue weighted by atomic mass is 9.98. The molecule has 0 radical (unpaired) electrons. The summed E-state index contributed by atoms with van der Waals surface area (Å²) in [6, 6.07) is 3.40. The van der Waals surface area contributed by atoms with Crippen molar-refractivity contribution in [2.24, 2.45) is 5.92 Å². The third-order valence-corrected chi connectivity index (χ3v) is 3.33. The summed E-state index contributed by atoms with van der Waals surface area (Å²) < 4.78 is 5.40.